The summed E-state index contributed by atoms with van der Waals surface area (Å²) in [4.78, 5) is 42.6. The van der Waals surface area contributed by atoms with Gasteiger partial charge in [0, 0.05) is 133 Å². The minimum Gasteiger partial charge on any atom is -0.483 e. The molecular formula is C106H260N20O6S3. The van der Waals surface area contributed by atoms with Gasteiger partial charge in [-0.1, -0.05) is 404 Å². The molecule has 0 amide bonds. The Kier molecular flexibility index (Phi) is 579. The third-order valence-electron chi connectivity index (χ3n) is 9.32. The number of carbonyl (C=O) groups excluding carboxylic acids is 1. The van der Waals surface area contributed by atoms with Crippen LogP contribution in [0.25, 0.3) is 0 Å². The fourth-order valence-electron chi connectivity index (χ4n) is 5.34. The molecule has 8 N–H and O–H groups in total. The van der Waals surface area contributed by atoms with Crippen molar-refractivity contribution in [3.63, 3.8) is 0 Å². The Labute approximate surface area is 867 Å². The monoisotopic (exact) mass is 2010 g/mol. The van der Waals surface area contributed by atoms with E-state index in [-0.39, 0.29) is 0 Å². The van der Waals surface area contributed by atoms with Crippen LogP contribution in [0.2, 0.25) is 0 Å². The maximum Gasteiger partial charge on any atom is 0.192 e. The summed E-state index contributed by atoms with van der Waals surface area (Å²) in [5, 5.41) is 20.3. The normalized spacial score (nSPS) is 13.0. The molecule has 13 aliphatic heterocycles. The van der Waals surface area contributed by atoms with Gasteiger partial charge in [-0.3, -0.25) is 34.7 Å². The van der Waals surface area contributed by atoms with E-state index < -0.39 is 0 Å². The molecule has 14 aliphatic rings. The van der Waals surface area contributed by atoms with Crippen molar-refractivity contribution in [2.75, 3.05) is 129 Å². The molecule has 1 aliphatic carbocycles. The molecule has 1 saturated carbocycles. The van der Waals surface area contributed by atoms with Gasteiger partial charge in [-0.25, -0.2) is 19.6 Å². The molecular weight excluding hydrogens is 1750 g/mol. The first kappa shape index (κ1) is 207. The van der Waals surface area contributed by atoms with Gasteiger partial charge in [-0.05, 0) is 94.5 Å². The fraction of sp³-hybridized carbons (Fsp3) is 0.858. The molecule has 0 aromatic heterocycles. The third kappa shape index (κ3) is 371. The van der Waals surface area contributed by atoms with E-state index in [1.165, 1.54) is 75.0 Å². The summed E-state index contributed by atoms with van der Waals surface area (Å²) in [6, 6.07) is 0. The second-order valence-electron chi connectivity index (χ2n) is 16.2. The Bertz CT molecular complexity index is 1360. The summed E-state index contributed by atoms with van der Waals surface area (Å²) in [7, 11) is 0. The first-order chi connectivity index (χ1) is 67.4. The molecule has 0 unspecified atom stereocenters. The van der Waals surface area contributed by atoms with Gasteiger partial charge in [0.1, 0.15) is 32.2 Å². The number of hydrazone groups is 2. The number of hydrazine groups is 2. The van der Waals surface area contributed by atoms with E-state index in [0.29, 0.717) is 5.78 Å². The molecule has 0 aromatic carbocycles. The van der Waals surface area contributed by atoms with Crippen LogP contribution in [0.3, 0.4) is 0 Å². The van der Waals surface area contributed by atoms with Crippen molar-refractivity contribution in [3.8, 4) is 0 Å². The molecule has 838 valence electrons. The quantitative estimate of drug-likeness (QED) is 0.105. The van der Waals surface area contributed by atoms with Crippen LogP contribution in [0.5, 0.6) is 0 Å². The number of rotatable bonds is 0. The summed E-state index contributed by atoms with van der Waals surface area (Å²) in [6.07, 6.45) is 39.6. The lowest BCUT2D eigenvalue weighted by atomic mass is 10.3. The maximum absolute atomic E-state index is 10.2. The summed E-state index contributed by atoms with van der Waals surface area (Å²) in [5.74, 6) is 4.13. The van der Waals surface area contributed by atoms with Crippen LogP contribution < -0.4 is 43.2 Å². The van der Waals surface area contributed by atoms with Crippen LogP contribution in [-0.2, 0) is 28.7 Å². The van der Waals surface area contributed by atoms with Crippen molar-refractivity contribution in [2.24, 2.45) is 59.3 Å². The van der Waals surface area contributed by atoms with Crippen molar-refractivity contribution in [2.45, 2.75) is 484 Å². The average Bonchev–Trinajstić information content (AvgIpc) is 1.90. The fourth-order valence-corrected chi connectivity index (χ4v) is 7.09. The number of ketones is 1. The molecule has 0 saturated heterocycles. The molecule has 0 aromatic rings. The minimum absolute atomic E-state index is 0.454. The first-order valence-corrected chi connectivity index (χ1v) is 58.3. The third-order valence-corrected chi connectivity index (χ3v) is 11.6. The smallest absolute Gasteiger partial charge is 0.192 e. The summed E-state index contributed by atoms with van der Waals surface area (Å²) < 4.78 is 22.0. The minimum atomic E-state index is 0.454. The molecule has 135 heavy (non-hydrogen) atoms. The predicted molar refractivity (Wildman–Crippen MR) is 654 cm³/mol. The largest absolute Gasteiger partial charge is 0.483 e. The van der Waals surface area contributed by atoms with E-state index in [9.17, 15) is 4.79 Å². The number of nitrogens with one attached hydrogen (secondary N) is 8. The van der Waals surface area contributed by atoms with Gasteiger partial charge < -0.3 is 56.2 Å². The molecule has 0 bridgehead atoms. The lowest BCUT2D eigenvalue weighted by Gasteiger charge is -2.04. The van der Waals surface area contributed by atoms with Gasteiger partial charge in [-0.15, -0.1) is 16.9 Å². The zero-order chi connectivity index (χ0) is 112. The van der Waals surface area contributed by atoms with Gasteiger partial charge in [0.05, 0.1) is 57.3 Å². The number of Topliss-reactive ketones (excluding diaryl/α,β-unsaturated/α-hetero) is 1. The second-order valence-corrected chi connectivity index (χ2v) is 18.9. The first-order valence-electron chi connectivity index (χ1n) is 55.4. The van der Waals surface area contributed by atoms with Gasteiger partial charge in [0.25, 0.3) is 0 Å². The highest BCUT2D eigenvalue weighted by atomic mass is 32.2. The Hall–Kier alpha value is -5.78. The van der Waals surface area contributed by atoms with E-state index in [2.05, 4.69) is 117 Å². The average molecular weight is 2010 g/mol. The van der Waals surface area contributed by atoms with Crippen LogP contribution in [0.1, 0.15) is 484 Å². The summed E-state index contributed by atoms with van der Waals surface area (Å²) >= 11 is 5.11. The Morgan fingerprint density at radius 2 is 0.696 bits per heavy atom. The van der Waals surface area contributed by atoms with Gasteiger partial charge in [-0.2, -0.15) is 5.10 Å². The van der Waals surface area contributed by atoms with Gasteiger partial charge in [0.15, 0.2) is 19.2 Å². The number of thioether (sulfide) groups is 1. The topological polar surface area (TPSA) is 308 Å². The number of nitrogens with zero attached hydrogens (tertiary/aromatic N) is 12. The lowest BCUT2D eigenvalue weighted by molar-refractivity contribution is -0.117. The molecule has 0 spiro atoms. The maximum atomic E-state index is 10.2. The van der Waals surface area contributed by atoms with Crippen LogP contribution in [0, 0.1) is 0 Å². The number of oxime groups is 2. The second kappa shape index (κ2) is 377. The SMILES string of the molecule is C1=CNNC1.C1=NCCCN1.C1=NCCCO1.C1=NCCCS1.C1=NCCN1.C1=NCCNN1.C1=NCCO1.C1=NNCCC1.C1=NNCCO1.C1=NOCC1.C1=NOCCC1.C1=NSCC1.C1=NSCCC1.CC.CC.CC.CC.CC.CC.CC.CC.CC.CC.CC.CC.CC.CC.CC.CC.CC.CC.CC.CC.CC.CC.CC.CC.CC.CC.CC.CC.O=C1CCCC1. The van der Waals surface area contributed by atoms with E-state index >= 15 is 0 Å². The number of aliphatic imine (C=N–C) groups is 6. The Morgan fingerprint density at radius 3 is 0.800 bits per heavy atom. The van der Waals surface area contributed by atoms with Gasteiger partial charge >= 0.3 is 0 Å². The van der Waals surface area contributed by atoms with E-state index in [4.69, 9.17) is 9.47 Å². The van der Waals surface area contributed by atoms with Gasteiger partial charge in [0.2, 0.25) is 0 Å². The van der Waals surface area contributed by atoms with Crippen LogP contribution in [-0.4, -0.2) is 209 Å². The standard InChI is InChI=1S/C5H8O.2C4H8N2.2C4H7NO.2C4H7NS.C3H7N3.C3H6N2O.2C3H6N2.2C3H5NO.C3H5NS.28C2H6/c6-5-3-1-2-4-5;1-2-5-4-6-3-1;1-2-4-6-5-3-1;1-2-5-4-6-3-1;1-2-4-6-5-3-1;1-2-5-4-6-3-1;1-2-4-6-5-3-1;1-2-5-6-3-4-1;1-2-6-3-5-4-1;1-2-5-3-4-1;1-2-4-5-3-1;1-2-5-3-4-1;2*1-2-4-5-3-1;28*1-2/h1-4H2;4H,1-3H2,(H,5,6);3,6H,1-2,4H2;4H,1-3H2;3H,1-2,4H2;4H,1-3H2;3H,1-2,4H2;3,5H,1-2H2,(H,4,6);3-4H,1-2H2;3H,1-2H2,(H,4,5);1-2,4-5H,3H2;3H,1-2H2;2*2H,1,3H2;28*1-2H3. The lowest BCUT2D eigenvalue weighted by Crippen LogP contribution is -2.36. The number of hydrogen-bond acceptors (Lipinski definition) is 29. The van der Waals surface area contributed by atoms with E-state index in [1.807, 2.05) is 424 Å². The molecule has 13 heterocycles. The summed E-state index contributed by atoms with van der Waals surface area (Å²) in [6.45, 7) is 128. The highest BCUT2D eigenvalue weighted by Gasteiger charge is 2.07. The predicted octanol–water partition coefficient (Wildman–Crippen LogP) is 33.5. The van der Waals surface area contributed by atoms with E-state index in [0.717, 1.165) is 169 Å². The van der Waals surface area contributed by atoms with Crippen LogP contribution >= 0.6 is 35.7 Å². The van der Waals surface area contributed by atoms with Crippen molar-refractivity contribution >= 4 is 116 Å². The zero-order valence-electron chi connectivity index (χ0n) is 102. The zero-order valence-corrected chi connectivity index (χ0v) is 105. The Morgan fingerprint density at radius 1 is 0.281 bits per heavy atom. The number of ether oxygens (including phenoxy) is 3. The molecule has 0 radical (unpaired) electrons. The van der Waals surface area contributed by atoms with Crippen molar-refractivity contribution in [1.29, 1.82) is 0 Å². The van der Waals surface area contributed by atoms with Crippen LogP contribution in [0.4, 0.5) is 0 Å². The van der Waals surface area contributed by atoms with Crippen molar-refractivity contribution in [3.05, 3.63) is 12.3 Å². The van der Waals surface area contributed by atoms with E-state index in [1.54, 1.807) is 67.1 Å². The highest BCUT2D eigenvalue weighted by Crippen LogP contribution is 2.12. The molecule has 0 atom stereocenters. The number of carbonyl (C=O) groups is 1. The Balaban J connectivity index is -0.0000000338. The van der Waals surface area contributed by atoms with Crippen LogP contribution in [0.15, 0.2) is 71.5 Å². The highest BCUT2D eigenvalue weighted by molar-refractivity contribution is 8.12. The van der Waals surface area contributed by atoms with Crippen molar-refractivity contribution in [1.82, 2.24) is 43.2 Å². The van der Waals surface area contributed by atoms with Crippen molar-refractivity contribution < 1.29 is 28.7 Å². The summed E-state index contributed by atoms with van der Waals surface area (Å²) in [5.41, 5.74) is 18.8. The molecule has 1 fully saturated rings. The number of hydrogen-bond donors (Lipinski definition) is 8. The molecule has 29 heteroatoms. The molecule has 26 nitrogen and oxygen atoms in total. The molecule has 14 rings (SSSR count).